The van der Waals surface area contributed by atoms with Crippen LogP contribution in [0.25, 0.3) is 0 Å². The van der Waals surface area contributed by atoms with Crippen LogP contribution in [0, 0.1) is 11.8 Å². The highest BCUT2D eigenvalue weighted by molar-refractivity contribution is 5.76. The van der Waals surface area contributed by atoms with Crippen molar-refractivity contribution in [1.29, 1.82) is 0 Å². The van der Waals surface area contributed by atoms with E-state index in [-0.39, 0.29) is 18.5 Å². The maximum Gasteiger partial charge on any atom is 0.314 e. The van der Waals surface area contributed by atoms with Crippen LogP contribution in [-0.2, 0) is 11.2 Å². The fourth-order valence-electron chi connectivity index (χ4n) is 2.63. The van der Waals surface area contributed by atoms with E-state index in [1.165, 1.54) is 11.1 Å². The molecule has 2 atom stereocenters. The summed E-state index contributed by atoms with van der Waals surface area (Å²) in [5.41, 5.74) is 2.64. The average molecular weight is 290 g/mol. The van der Waals surface area contributed by atoms with Crippen molar-refractivity contribution in [2.75, 3.05) is 13.1 Å². The Hall–Kier alpha value is -2.04. The Morgan fingerprint density at radius 2 is 2.00 bits per heavy atom. The second-order valence-electron chi connectivity index (χ2n) is 5.88. The molecule has 0 saturated carbocycles. The van der Waals surface area contributed by atoms with Crippen molar-refractivity contribution in [3.63, 3.8) is 0 Å². The first kappa shape index (κ1) is 15.4. The molecule has 2 rings (SSSR count). The molecule has 21 heavy (non-hydrogen) atoms. The number of nitrogens with one attached hydrogen (secondary N) is 2. The van der Waals surface area contributed by atoms with Gasteiger partial charge in [-0.25, -0.2) is 4.79 Å². The third kappa shape index (κ3) is 3.74. The summed E-state index contributed by atoms with van der Waals surface area (Å²) in [5, 5.41) is 14.5. The van der Waals surface area contributed by atoms with E-state index in [9.17, 15) is 9.59 Å². The number of amides is 2. The minimum Gasteiger partial charge on any atom is -0.481 e. The number of carboxylic acids is 1. The van der Waals surface area contributed by atoms with Crippen molar-refractivity contribution < 1.29 is 14.7 Å². The number of urea groups is 1. The summed E-state index contributed by atoms with van der Waals surface area (Å²) in [6.07, 6.45) is 0.986. The van der Waals surface area contributed by atoms with Gasteiger partial charge in [0.15, 0.2) is 0 Å². The number of hydrogen-bond acceptors (Lipinski definition) is 2. The highest BCUT2D eigenvalue weighted by Gasteiger charge is 2.26. The van der Waals surface area contributed by atoms with Crippen LogP contribution in [-0.4, -0.2) is 30.2 Å². The summed E-state index contributed by atoms with van der Waals surface area (Å²) >= 11 is 0. The van der Waals surface area contributed by atoms with Gasteiger partial charge in [-0.05, 0) is 23.5 Å². The maximum absolute atomic E-state index is 11.7. The molecule has 5 heteroatoms. The largest absolute Gasteiger partial charge is 0.481 e. The van der Waals surface area contributed by atoms with Gasteiger partial charge in [0.25, 0.3) is 0 Å². The molecule has 0 heterocycles. The summed E-state index contributed by atoms with van der Waals surface area (Å²) in [6.45, 7) is 4.41. The Kier molecular flexibility index (Phi) is 4.83. The molecular weight excluding hydrogens is 268 g/mol. The lowest BCUT2D eigenvalue weighted by atomic mass is 9.78. The molecule has 1 aliphatic carbocycles. The van der Waals surface area contributed by atoms with Crippen molar-refractivity contribution in [1.82, 2.24) is 10.6 Å². The van der Waals surface area contributed by atoms with Crippen molar-refractivity contribution in [2.24, 2.45) is 11.8 Å². The van der Waals surface area contributed by atoms with Crippen LogP contribution in [0.1, 0.15) is 30.9 Å². The zero-order valence-corrected chi connectivity index (χ0v) is 12.4. The molecule has 0 aliphatic heterocycles. The number of carboxylic acid groups (broad SMARTS) is 1. The monoisotopic (exact) mass is 290 g/mol. The van der Waals surface area contributed by atoms with Gasteiger partial charge in [-0.3, -0.25) is 4.79 Å². The number of carbonyl (C=O) groups excluding carboxylic acids is 1. The number of fused-ring (bicyclic) bond motifs is 1. The van der Waals surface area contributed by atoms with Crippen molar-refractivity contribution in [3.8, 4) is 0 Å². The van der Waals surface area contributed by atoms with E-state index in [2.05, 4.69) is 22.8 Å². The number of benzene rings is 1. The molecule has 0 spiro atoms. The van der Waals surface area contributed by atoms with Crippen molar-refractivity contribution in [2.45, 2.75) is 26.2 Å². The van der Waals surface area contributed by atoms with E-state index >= 15 is 0 Å². The molecule has 114 valence electrons. The standard InChI is InChI=1S/C16H22N2O3/c1-10(2)14(15(19)20)9-18-16(21)17-8-12-7-11-5-3-4-6-13(11)12/h3-6,10,12,14H,7-9H2,1-2H3,(H,19,20)(H2,17,18,21). The predicted molar refractivity (Wildman–Crippen MR) is 80.3 cm³/mol. The highest BCUT2D eigenvalue weighted by atomic mass is 16.4. The molecule has 1 aliphatic rings. The van der Waals surface area contributed by atoms with Gasteiger partial charge in [0.05, 0.1) is 5.92 Å². The quantitative estimate of drug-likeness (QED) is 0.749. The van der Waals surface area contributed by atoms with Gasteiger partial charge >= 0.3 is 12.0 Å². The third-order valence-corrected chi connectivity index (χ3v) is 4.07. The van der Waals surface area contributed by atoms with Gasteiger partial charge in [0, 0.05) is 19.0 Å². The minimum absolute atomic E-state index is 0.0127. The fraction of sp³-hybridized carbons (Fsp3) is 0.500. The third-order valence-electron chi connectivity index (χ3n) is 4.07. The molecule has 3 N–H and O–H groups in total. The second-order valence-corrected chi connectivity index (χ2v) is 5.88. The van der Waals surface area contributed by atoms with Crippen LogP contribution in [0.15, 0.2) is 24.3 Å². The van der Waals surface area contributed by atoms with E-state index in [1.54, 1.807) is 0 Å². The first-order valence-corrected chi connectivity index (χ1v) is 7.31. The van der Waals surface area contributed by atoms with E-state index in [0.717, 1.165) is 6.42 Å². The molecule has 2 unspecified atom stereocenters. The number of rotatable bonds is 6. The minimum atomic E-state index is -0.877. The summed E-state index contributed by atoms with van der Waals surface area (Å²) in [7, 11) is 0. The van der Waals surface area contributed by atoms with Gasteiger partial charge < -0.3 is 15.7 Å². The Labute approximate surface area is 124 Å². The van der Waals surface area contributed by atoms with E-state index < -0.39 is 11.9 Å². The van der Waals surface area contributed by atoms with Gasteiger partial charge in [-0.2, -0.15) is 0 Å². The number of aliphatic carboxylic acids is 1. The highest BCUT2D eigenvalue weighted by Crippen LogP contribution is 2.33. The van der Waals surface area contributed by atoms with Crippen molar-refractivity contribution >= 4 is 12.0 Å². The number of hydrogen-bond donors (Lipinski definition) is 3. The van der Waals surface area contributed by atoms with Crippen LogP contribution in [0.4, 0.5) is 4.79 Å². The summed E-state index contributed by atoms with van der Waals surface area (Å²) in [4.78, 5) is 22.8. The van der Waals surface area contributed by atoms with Crippen LogP contribution >= 0.6 is 0 Å². The van der Waals surface area contributed by atoms with Gasteiger partial charge in [0.1, 0.15) is 0 Å². The molecule has 0 bridgehead atoms. The molecule has 5 nitrogen and oxygen atoms in total. The van der Waals surface area contributed by atoms with E-state index in [0.29, 0.717) is 12.5 Å². The molecular formula is C16H22N2O3. The lowest BCUT2D eigenvalue weighted by Gasteiger charge is -2.30. The molecule has 0 saturated heterocycles. The Bertz CT molecular complexity index is 528. The van der Waals surface area contributed by atoms with Gasteiger partial charge in [-0.1, -0.05) is 38.1 Å². The SMILES string of the molecule is CC(C)C(CNC(=O)NCC1Cc2ccccc21)C(=O)O. The predicted octanol–water partition coefficient (Wildman–Crippen LogP) is 1.98. The van der Waals surface area contributed by atoms with E-state index in [1.807, 2.05) is 26.0 Å². The maximum atomic E-state index is 11.7. The molecule has 0 fully saturated rings. The molecule has 2 amide bonds. The zero-order chi connectivity index (χ0) is 15.4. The normalized spacial score (nSPS) is 17.6. The topological polar surface area (TPSA) is 78.4 Å². The molecule has 0 radical (unpaired) electrons. The Balaban J connectivity index is 1.73. The van der Waals surface area contributed by atoms with Gasteiger partial charge in [-0.15, -0.1) is 0 Å². The smallest absolute Gasteiger partial charge is 0.314 e. The fourth-order valence-corrected chi connectivity index (χ4v) is 2.63. The van der Waals surface area contributed by atoms with Gasteiger partial charge in [0.2, 0.25) is 0 Å². The second kappa shape index (κ2) is 6.61. The molecule has 0 aromatic heterocycles. The van der Waals surface area contributed by atoms with E-state index in [4.69, 9.17) is 5.11 Å². The van der Waals surface area contributed by atoms with Crippen LogP contribution in [0.2, 0.25) is 0 Å². The molecule has 1 aromatic carbocycles. The van der Waals surface area contributed by atoms with Crippen LogP contribution < -0.4 is 10.6 Å². The van der Waals surface area contributed by atoms with Crippen LogP contribution in [0.5, 0.6) is 0 Å². The van der Waals surface area contributed by atoms with Crippen molar-refractivity contribution in [3.05, 3.63) is 35.4 Å². The molecule has 1 aromatic rings. The first-order chi connectivity index (χ1) is 9.99. The summed E-state index contributed by atoms with van der Waals surface area (Å²) in [6, 6.07) is 7.92. The lowest BCUT2D eigenvalue weighted by molar-refractivity contribution is -0.142. The summed E-state index contributed by atoms with van der Waals surface area (Å²) in [5.74, 6) is -1.08. The first-order valence-electron chi connectivity index (χ1n) is 7.31. The zero-order valence-electron chi connectivity index (χ0n) is 12.4. The average Bonchev–Trinajstić information content (AvgIpc) is 2.39. The number of carbonyl (C=O) groups is 2. The Morgan fingerprint density at radius 3 is 2.62 bits per heavy atom. The lowest BCUT2D eigenvalue weighted by Crippen LogP contribution is -2.43. The summed E-state index contributed by atoms with van der Waals surface area (Å²) < 4.78 is 0. The Morgan fingerprint density at radius 1 is 1.29 bits per heavy atom. The van der Waals surface area contributed by atoms with Crippen LogP contribution in [0.3, 0.4) is 0 Å².